The van der Waals surface area contributed by atoms with Gasteiger partial charge in [-0.05, 0) is 45.5 Å². The van der Waals surface area contributed by atoms with Gasteiger partial charge in [-0.25, -0.2) is 8.78 Å². The van der Waals surface area contributed by atoms with Crippen molar-refractivity contribution in [1.29, 1.82) is 0 Å². The van der Waals surface area contributed by atoms with Gasteiger partial charge in [0, 0.05) is 22.3 Å². The smallest absolute Gasteiger partial charge is 0.131 e. The lowest BCUT2D eigenvalue weighted by Crippen LogP contribution is -1.95. The summed E-state index contributed by atoms with van der Waals surface area (Å²) in [4.78, 5) is 0. The van der Waals surface area contributed by atoms with E-state index in [1.54, 1.807) is 12.1 Å². The van der Waals surface area contributed by atoms with Crippen molar-refractivity contribution in [3.8, 4) is 22.3 Å². The van der Waals surface area contributed by atoms with Crippen LogP contribution in [0.3, 0.4) is 0 Å². The van der Waals surface area contributed by atoms with Gasteiger partial charge in [-0.2, -0.15) is 0 Å². The van der Waals surface area contributed by atoms with Gasteiger partial charge in [0.25, 0.3) is 0 Å². The van der Waals surface area contributed by atoms with Crippen LogP contribution in [0, 0.1) is 11.6 Å². The molecule has 0 unspecified atom stereocenters. The van der Waals surface area contributed by atoms with Gasteiger partial charge >= 0.3 is 0 Å². The number of fused-ring (bicyclic) bond motifs is 6. The first-order valence-corrected chi connectivity index (χ1v) is 9.27. The Hall–Kier alpha value is -3.52. The van der Waals surface area contributed by atoms with Crippen LogP contribution in [-0.2, 0) is 0 Å². The molecule has 28 heavy (non-hydrogen) atoms. The fourth-order valence-corrected chi connectivity index (χ4v) is 4.67. The lowest BCUT2D eigenvalue weighted by Gasteiger charge is -2.12. The average Bonchev–Trinajstić information content (AvgIpc) is 3.23. The van der Waals surface area contributed by atoms with Gasteiger partial charge in [-0.1, -0.05) is 72.8 Å². The maximum Gasteiger partial charge on any atom is 0.131 e. The highest BCUT2D eigenvalue weighted by Gasteiger charge is 2.34. The van der Waals surface area contributed by atoms with Crippen LogP contribution in [0.5, 0.6) is 0 Å². The minimum atomic E-state index is -0.279. The van der Waals surface area contributed by atoms with Gasteiger partial charge in [0.15, 0.2) is 0 Å². The number of rotatable bonds is 0. The Morgan fingerprint density at radius 2 is 0.714 bits per heavy atom. The van der Waals surface area contributed by atoms with Crippen LogP contribution < -0.4 is 0 Å². The van der Waals surface area contributed by atoms with Crippen molar-refractivity contribution in [2.45, 2.75) is 0 Å². The molecule has 0 nitrogen and oxygen atoms in total. The first kappa shape index (κ1) is 15.5. The molecule has 0 N–H and O–H groups in total. The fraction of sp³-hybridized carbons (Fsp3) is 0. The third kappa shape index (κ3) is 1.87. The van der Waals surface area contributed by atoms with Crippen LogP contribution in [0.25, 0.3) is 33.4 Å². The Bertz CT molecular complexity index is 1230. The van der Waals surface area contributed by atoms with Crippen molar-refractivity contribution in [1.82, 2.24) is 0 Å². The highest BCUT2D eigenvalue weighted by molar-refractivity contribution is 6.18. The molecular formula is C26H14F2. The molecule has 2 heteroatoms. The molecule has 0 fully saturated rings. The molecule has 0 atom stereocenters. The molecule has 6 rings (SSSR count). The van der Waals surface area contributed by atoms with Gasteiger partial charge in [0.2, 0.25) is 0 Å². The van der Waals surface area contributed by atoms with Crippen molar-refractivity contribution < 1.29 is 8.78 Å². The van der Waals surface area contributed by atoms with Crippen molar-refractivity contribution in [2.24, 2.45) is 0 Å². The summed E-state index contributed by atoms with van der Waals surface area (Å²) in [7, 11) is 0. The molecule has 0 bridgehead atoms. The zero-order valence-electron chi connectivity index (χ0n) is 14.8. The monoisotopic (exact) mass is 364 g/mol. The fourth-order valence-electron chi connectivity index (χ4n) is 4.67. The minimum Gasteiger partial charge on any atom is -0.206 e. The number of benzene rings is 4. The second kappa shape index (κ2) is 5.49. The van der Waals surface area contributed by atoms with E-state index < -0.39 is 0 Å². The first-order chi connectivity index (χ1) is 13.8. The molecule has 132 valence electrons. The molecule has 4 aromatic carbocycles. The number of hydrogen-bond acceptors (Lipinski definition) is 0. The Morgan fingerprint density at radius 3 is 1.14 bits per heavy atom. The lowest BCUT2D eigenvalue weighted by atomic mass is 9.91. The predicted molar refractivity (Wildman–Crippen MR) is 109 cm³/mol. The zero-order chi connectivity index (χ0) is 18.8. The summed E-state index contributed by atoms with van der Waals surface area (Å²) in [5, 5.41) is 0. The summed E-state index contributed by atoms with van der Waals surface area (Å²) in [6.45, 7) is 0. The van der Waals surface area contributed by atoms with Crippen LogP contribution in [0.1, 0.15) is 22.3 Å². The molecule has 0 aliphatic heterocycles. The summed E-state index contributed by atoms with van der Waals surface area (Å²) in [5.74, 6) is -0.558. The van der Waals surface area contributed by atoms with E-state index in [2.05, 4.69) is 0 Å². The normalized spacial score (nSPS) is 15.8. The molecule has 4 aromatic rings. The van der Waals surface area contributed by atoms with E-state index in [-0.39, 0.29) is 11.6 Å². The van der Waals surface area contributed by atoms with Gasteiger partial charge in [0.05, 0.1) is 0 Å². The van der Waals surface area contributed by atoms with E-state index in [1.807, 2.05) is 60.7 Å². The maximum atomic E-state index is 15.1. The van der Waals surface area contributed by atoms with Gasteiger partial charge in [-0.3, -0.25) is 0 Å². The standard InChI is InChI=1S/C26H14F2/c27-21-13-5-11-17-15-7-1-3-9-19(15)25(23(17)21)26-20-10-4-2-8-16(20)18-12-6-14-22(28)24(18)26/h1-14H/b26-25-. The van der Waals surface area contributed by atoms with E-state index >= 15 is 8.78 Å². The Morgan fingerprint density at radius 1 is 0.357 bits per heavy atom. The lowest BCUT2D eigenvalue weighted by molar-refractivity contribution is 0.623. The molecule has 0 aromatic heterocycles. The molecule has 2 aliphatic rings. The molecule has 0 saturated heterocycles. The molecule has 0 amide bonds. The van der Waals surface area contributed by atoms with Crippen molar-refractivity contribution in [2.75, 3.05) is 0 Å². The maximum absolute atomic E-state index is 15.1. The van der Waals surface area contributed by atoms with E-state index in [9.17, 15) is 0 Å². The topological polar surface area (TPSA) is 0 Å². The molecule has 0 spiro atoms. The van der Waals surface area contributed by atoms with Crippen molar-refractivity contribution in [3.63, 3.8) is 0 Å². The largest absolute Gasteiger partial charge is 0.206 e. The SMILES string of the molecule is Fc1cccc2c1/C(=C1/c3ccccc3-c3cccc(F)c31)c1ccccc1-2. The number of halogens is 2. The first-order valence-electron chi connectivity index (χ1n) is 9.27. The summed E-state index contributed by atoms with van der Waals surface area (Å²) < 4.78 is 30.2. The van der Waals surface area contributed by atoms with Crippen LogP contribution in [0.4, 0.5) is 8.78 Å². The molecule has 0 radical (unpaired) electrons. The van der Waals surface area contributed by atoms with Gasteiger partial charge in [0.1, 0.15) is 11.6 Å². The van der Waals surface area contributed by atoms with Crippen LogP contribution in [-0.4, -0.2) is 0 Å². The predicted octanol–water partition coefficient (Wildman–Crippen LogP) is 6.93. The molecule has 2 aliphatic carbocycles. The van der Waals surface area contributed by atoms with Crippen molar-refractivity contribution >= 4 is 11.1 Å². The summed E-state index contributed by atoms with van der Waals surface area (Å²) in [6.07, 6.45) is 0. The van der Waals surface area contributed by atoms with E-state index in [0.29, 0.717) is 11.1 Å². The Labute approximate surface area is 161 Å². The van der Waals surface area contributed by atoms with E-state index in [1.165, 1.54) is 12.1 Å². The second-order valence-corrected chi connectivity index (χ2v) is 7.17. The second-order valence-electron chi connectivity index (χ2n) is 7.17. The highest BCUT2D eigenvalue weighted by atomic mass is 19.1. The molecule has 0 saturated carbocycles. The van der Waals surface area contributed by atoms with E-state index in [0.717, 1.165) is 44.5 Å². The van der Waals surface area contributed by atoms with Crippen LogP contribution in [0.2, 0.25) is 0 Å². The summed E-state index contributed by atoms with van der Waals surface area (Å²) >= 11 is 0. The van der Waals surface area contributed by atoms with Gasteiger partial charge < -0.3 is 0 Å². The van der Waals surface area contributed by atoms with E-state index in [4.69, 9.17) is 0 Å². The van der Waals surface area contributed by atoms with Crippen molar-refractivity contribution in [3.05, 3.63) is 119 Å². The summed E-state index contributed by atoms with van der Waals surface area (Å²) in [5.41, 5.74) is 8.27. The number of hydrogen-bond donors (Lipinski definition) is 0. The molecular weight excluding hydrogens is 350 g/mol. The third-order valence-electron chi connectivity index (χ3n) is 5.75. The minimum absolute atomic E-state index is 0.279. The quantitative estimate of drug-likeness (QED) is 0.274. The average molecular weight is 364 g/mol. The summed E-state index contributed by atoms with van der Waals surface area (Å²) in [6, 6.07) is 26.1. The van der Waals surface area contributed by atoms with Gasteiger partial charge in [-0.15, -0.1) is 0 Å². The third-order valence-corrected chi connectivity index (χ3v) is 5.75. The Kier molecular flexibility index (Phi) is 3.05. The van der Waals surface area contributed by atoms with Crippen LogP contribution >= 0.6 is 0 Å². The Balaban J connectivity index is 1.85. The zero-order valence-corrected chi connectivity index (χ0v) is 14.8. The molecule has 0 heterocycles. The van der Waals surface area contributed by atoms with Crippen LogP contribution in [0.15, 0.2) is 84.9 Å². The highest BCUT2D eigenvalue weighted by Crippen LogP contribution is 2.54.